The van der Waals surface area contributed by atoms with Gasteiger partial charge >= 0.3 is 0 Å². The molecule has 0 aromatic carbocycles. The van der Waals surface area contributed by atoms with Crippen LogP contribution in [0.4, 0.5) is 0 Å². The van der Waals surface area contributed by atoms with Gasteiger partial charge in [0.1, 0.15) is 0 Å². The summed E-state index contributed by atoms with van der Waals surface area (Å²) in [6, 6.07) is 0. The Kier molecular flexibility index (Phi) is 11.4. The first-order valence-electron chi connectivity index (χ1n) is 5.28. The number of hydrogen-bond acceptors (Lipinski definition) is 2. The van der Waals surface area contributed by atoms with Gasteiger partial charge in [0.2, 0.25) is 0 Å². The predicted octanol–water partition coefficient (Wildman–Crippen LogP) is 2.26. The molecular formula is C11H22O2. The summed E-state index contributed by atoms with van der Waals surface area (Å²) < 4.78 is 0. The zero-order chi connectivity index (χ0) is 9.78. The summed E-state index contributed by atoms with van der Waals surface area (Å²) >= 11 is 0. The molecule has 0 atom stereocenters. The zero-order valence-electron chi connectivity index (χ0n) is 8.41. The number of aliphatic hydroxyl groups excluding tert-OH is 2. The maximum Gasteiger partial charge on any atom is 0.0612 e. The maximum atomic E-state index is 8.53. The van der Waals surface area contributed by atoms with E-state index in [1.807, 2.05) is 6.08 Å². The number of aliphatic hydroxyl groups is 2. The average molecular weight is 186 g/mol. The molecule has 0 aromatic heterocycles. The van der Waals surface area contributed by atoms with Crippen LogP contribution in [0, 0.1) is 0 Å². The molecule has 2 heteroatoms. The van der Waals surface area contributed by atoms with Crippen LogP contribution in [0.5, 0.6) is 0 Å². The summed E-state index contributed by atoms with van der Waals surface area (Å²) in [5, 5.41) is 17.0. The topological polar surface area (TPSA) is 40.5 Å². The number of hydrogen-bond donors (Lipinski definition) is 2. The molecule has 2 N–H and O–H groups in total. The first-order valence-corrected chi connectivity index (χ1v) is 5.28. The quantitative estimate of drug-likeness (QED) is 0.428. The number of rotatable bonds is 9. The smallest absolute Gasteiger partial charge is 0.0612 e. The SMILES string of the molecule is OCC=CCCCCCCCCO. The van der Waals surface area contributed by atoms with Crippen molar-refractivity contribution in [1.82, 2.24) is 0 Å². The second-order valence-corrected chi connectivity index (χ2v) is 3.29. The predicted molar refractivity (Wildman–Crippen MR) is 55.6 cm³/mol. The van der Waals surface area contributed by atoms with Gasteiger partial charge in [-0.05, 0) is 19.3 Å². The molecule has 0 radical (unpaired) electrons. The fraction of sp³-hybridized carbons (Fsp3) is 0.818. The van der Waals surface area contributed by atoms with Gasteiger partial charge in [0, 0.05) is 6.61 Å². The van der Waals surface area contributed by atoms with Crippen molar-refractivity contribution < 1.29 is 10.2 Å². The van der Waals surface area contributed by atoms with Gasteiger partial charge < -0.3 is 10.2 Å². The average Bonchev–Trinajstić information content (AvgIpc) is 2.16. The van der Waals surface area contributed by atoms with Gasteiger partial charge in [-0.15, -0.1) is 0 Å². The van der Waals surface area contributed by atoms with Gasteiger partial charge in [0.15, 0.2) is 0 Å². The van der Waals surface area contributed by atoms with E-state index in [1.54, 1.807) is 6.08 Å². The first kappa shape index (κ1) is 12.7. The van der Waals surface area contributed by atoms with Crippen LogP contribution < -0.4 is 0 Å². The van der Waals surface area contributed by atoms with Crippen molar-refractivity contribution in [1.29, 1.82) is 0 Å². The normalized spacial score (nSPS) is 11.2. The molecule has 0 rings (SSSR count). The summed E-state index contributed by atoms with van der Waals surface area (Å²) in [4.78, 5) is 0. The third-order valence-corrected chi connectivity index (χ3v) is 2.05. The Morgan fingerprint density at radius 2 is 1.31 bits per heavy atom. The molecule has 0 saturated carbocycles. The molecule has 0 aliphatic rings. The van der Waals surface area contributed by atoms with E-state index >= 15 is 0 Å². The van der Waals surface area contributed by atoms with Crippen LogP contribution in [0.1, 0.15) is 44.9 Å². The fourth-order valence-electron chi connectivity index (χ4n) is 1.27. The Labute approximate surface area is 81.3 Å². The largest absolute Gasteiger partial charge is 0.396 e. The summed E-state index contributed by atoms with van der Waals surface area (Å²) in [7, 11) is 0. The van der Waals surface area contributed by atoms with Gasteiger partial charge in [-0.25, -0.2) is 0 Å². The van der Waals surface area contributed by atoms with Crippen molar-refractivity contribution in [2.75, 3.05) is 13.2 Å². The molecule has 78 valence electrons. The molecule has 0 heterocycles. The number of allylic oxidation sites excluding steroid dienone is 1. The van der Waals surface area contributed by atoms with Crippen molar-refractivity contribution in [2.24, 2.45) is 0 Å². The lowest BCUT2D eigenvalue weighted by Gasteiger charge is -1.98. The Balaban J connectivity index is 2.87. The second-order valence-electron chi connectivity index (χ2n) is 3.29. The molecule has 2 nitrogen and oxygen atoms in total. The van der Waals surface area contributed by atoms with Crippen molar-refractivity contribution in [2.45, 2.75) is 44.9 Å². The molecule has 0 fully saturated rings. The minimum atomic E-state index is 0.163. The molecule has 13 heavy (non-hydrogen) atoms. The molecule has 0 bridgehead atoms. The van der Waals surface area contributed by atoms with Crippen molar-refractivity contribution >= 4 is 0 Å². The monoisotopic (exact) mass is 186 g/mol. The van der Waals surface area contributed by atoms with Gasteiger partial charge in [-0.2, -0.15) is 0 Å². The minimum absolute atomic E-state index is 0.163. The Morgan fingerprint density at radius 3 is 1.92 bits per heavy atom. The van der Waals surface area contributed by atoms with E-state index in [4.69, 9.17) is 10.2 Å². The Hall–Kier alpha value is -0.340. The summed E-state index contributed by atoms with van der Waals surface area (Å²) in [5.41, 5.74) is 0. The van der Waals surface area contributed by atoms with E-state index in [9.17, 15) is 0 Å². The van der Waals surface area contributed by atoms with Gasteiger partial charge in [-0.1, -0.05) is 37.8 Å². The maximum absolute atomic E-state index is 8.53. The van der Waals surface area contributed by atoms with Gasteiger partial charge in [0.25, 0.3) is 0 Å². The van der Waals surface area contributed by atoms with E-state index in [0.29, 0.717) is 6.61 Å². The van der Waals surface area contributed by atoms with E-state index < -0.39 is 0 Å². The molecule has 0 aromatic rings. The van der Waals surface area contributed by atoms with Crippen LogP contribution in [0.2, 0.25) is 0 Å². The first-order chi connectivity index (χ1) is 6.41. The number of unbranched alkanes of at least 4 members (excludes halogenated alkanes) is 6. The molecule has 0 saturated heterocycles. The lowest BCUT2D eigenvalue weighted by atomic mass is 10.1. The van der Waals surface area contributed by atoms with E-state index in [1.165, 1.54) is 25.7 Å². The lowest BCUT2D eigenvalue weighted by molar-refractivity contribution is 0.282. The minimum Gasteiger partial charge on any atom is -0.396 e. The lowest BCUT2D eigenvalue weighted by Crippen LogP contribution is -1.83. The van der Waals surface area contributed by atoms with E-state index in [-0.39, 0.29) is 6.61 Å². The molecule has 0 aliphatic heterocycles. The van der Waals surface area contributed by atoms with Crippen molar-refractivity contribution in [3.8, 4) is 0 Å². The highest BCUT2D eigenvalue weighted by atomic mass is 16.3. The van der Waals surface area contributed by atoms with Crippen LogP contribution in [-0.4, -0.2) is 23.4 Å². The van der Waals surface area contributed by atoms with Gasteiger partial charge in [-0.3, -0.25) is 0 Å². The third-order valence-electron chi connectivity index (χ3n) is 2.05. The molecule has 0 aliphatic carbocycles. The Bertz CT molecular complexity index is 111. The van der Waals surface area contributed by atoms with Crippen LogP contribution >= 0.6 is 0 Å². The van der Waals surface area contributed by atoms with Crippen LogP contribution in [0.3, 0.4) is 0 Å². The molecule has 0 spiro atoms. The van der Waals surface area contributed by atoms with Crippen LogP contribution in [-0.2, 0) is 0 Å². The van der Waals surface area contributed by atoms with Crippen LogP contribution in [0.25, 0.3) is 0 Å². The van der Waals surface area contributed by atoms with Crippen molar-refractivity contribution in [3.63, 3.8) is 0 Å². The summed E-state index contributed by atoms with van der Waals surface area (Å²) in [6.07, 6.45) is 12.0. The van der Waals surface area contributed by atoms with Crippen molar-refractivity contribution in [3.05, 3.63) is 12.2 Å². The second kappa shape index (κ2) is 11.7. The summed E-state index contributed by atoms with van der Waals surface area (Å²) in [5.74, 6) is 0. The van der Waals surface area contributed by atoms with Gasteiger partial charge in [0.05, 0.1) is 6.61 Å². The van der Waals surface area contributed by atoms with E-state index in [0.717, 1.165) is 19.3 Å². The van der Waals surface area contributed by atoms with E-state index in [2.05, 4.69) is 0 Å². The molecule has 0 amide bonds. The highest BCUT2D eigenvalue weighted by Crippen LogP contribution is 2.06. The molecular weight excluding hydrogens is 164 g/mol. The third kappa shape index (κ3) is 11.7. The summed E-state index contributed by atoms with van der Waals surface area (Å²) in [6.45, 7) is 0.496. The standard InChI is InChI=1S/C11H22O2/c12-10-8-6-4-2-1-3-5-7-9-11-13/h6,8,12-13H,1-5,7,9-11H2. The molecule has 0 unspecified atom stereocenters. The fourth-order valence-corrected chi connectivity index (χ4v) is 1.27. The zero-order valence-corrected chi connectivity index (χ0v) is 8.41. The highest BCUT2D eigenvalue weighted by molar-refractivity contribution is 4.80. The Morgan fingerprint density at radius 1 is 0.692 bits per heavy atom. The van der Waals surface area contributed by atoms with Crippen LogP contribution in [0.15, 0.2) is 12.2 Å². The highest BCUT2D eigenvalue weighted by Gasteiger charge is 1.89.